The summed E-state index contributed by atoms with van der Waals surface area (Å²) >= 11 is 0. The number of hydrogen-bond donors (Lipinski definition) is 1. The van der Waals surface area contributed by atoms with Gasteiger partial charge in [0, 0.05) is 12.6 Å². The maximum atomic E-state index is 10.5. The molecule has 1 unspecified atom stereocenters. The highest BCUT2D eigenvalue weighted by Gasteiger charge is 2.35. The lowest BCUT2D eigenvalue weighted by Gasteiger charge is -2.40. The molecule has 1 aliphatic carbocycles. The molecule has 2 rings (SSSR count). The summed E-state index contributed by atoms with van der Waals surface area (Å²) in [5, 5.41) is 10.5. The summed E-state index contributed by atoms with van der Waals surface area (Å²) < 4.78 is 0. The molecule has 2 fully saturated rings. The molecule has 94 valence electrons. The number of rotatable bonds is 4. The molecular formula is C14H27NO. The molecule has 0 radical (unpaired) electrons. The van der Waals surface area contributed by atoms with Crippen molar-refractivity contribution in [1.29, 1.82) is 0 Å². The Morgan fingerprint density at radius 3 is 2.62 bits per heavy atom. The van der Waals surface area contributed by atoms with Crippen LogP contribution in [0.1, 0.15) is 64.7 Å². The van der Waals surface area contributed by atoms with Gasteiger partial charge in [0.05, 0.1) is 5.60 Å². The maximum Gasteiger partial charge on any atom is 0.0774 e. The Morgan fingerprint density at radius 2 is 1.94 bits per heavy atom. The second kappa shape index (κ2) is 5.50. The van der Waals surface area contributed by atoms with Gasteiger partial charge >= 0.3 is 0 Å². The second-order valence-corrected chi connectivity index (χ2v) is 5.84. The first-order valence-corrected chi connectivity index (χ1v) is 7.20. The summed E-state index contributed by atoms with van der Waals surface area (Å²) in [5.41, 5.74) is -0.344. The van der Waals surface area contributed by atoms with Crippen LogP contribution in [-0.2, 0) is 0 Å². The van der Waals surface area contributed by atoms with Gasteiger partial charge in [-0.2, -0.15) is 0 Å². The number of β-amino-alcohol motifs (C(OH)–C–C–N with tert-alkyl or cyclic N) is 1. The summed E-state index contributed by atoms with van der Waals surface area (Å²) in [6.45, 7) is 4.43. The molecule has 1 N–H and O–H groups in total. The third-order valence-electron chi connectivity index (χ3n) is 4.40. The number of hydrogen-bond acceptors (Lipinski definition) is 2. The van der Waals surface area contributed by atoms with E-state index < -0.39 is 0 Å². The van der Waals surface area contributed by atoms with E-state index in [4.69, 9.17) is 0 Å². The lowest BCUT2D eigenvalue weighted by atomic mass is 9.94. The quantitative estimate of drug-likeness (QED) is 0.795. The Balaban J connectivity index is 1.89. The van der Waals surface area contributed by atoms with E-state index in [2.05, 4.69) is 11.8 Å². The molecule has 1 atom stereocenters. The smallest absolute Gasteiger partial charge is 0.0774 e. The molecule has 0 aromatic heterocycles. The highest BCUT2D eigenvalue weighted by molar-refractivity contribution is 4.90. The first kappa shape index (κ1) is 12.4. The van der Waals surface area contributed by atoms with E-state index in [-0.39, 0.29) is 5.60 Å². The van der Waals surface area contributed by atoms with Gasteiger partial charge in [0.2, 0.25) is 0 Å². The van der Waals surface area contributed by atoms with Crippen molar-refractivity contribution in [3.8, 4) is 0 Å². The predicted molar refractivity (Wildman–Crippen MR) is 67.5 cm³/mol. The van der Waals surface area contributed by atoms with Gasteiger partial charge in [0.1, 0.15) is 0 Å². The summed E-state index contributed by atoms with van der Waals surface area (Å²) in [7, 11) is 0. The van der Waals surface area contributed by atoms with Crippen LogP contribution in [0.2, 0.25) is 0 Å². The van der Waals surface area contributed by atoms with E-state index in [0.717, 1.165) is 25.4 Å². The Hall–Kier alpha value is -0.0800. The molecule has 0 aromatic rings. The summed E-state index contributed by atoms with van der Waals surface area (Å²) in [6, 6.07) is 0.753. The Labute approximate surface area is 100 Å². The Kier molecular flexibility index (Phi) is 4.26. The van der Waals surface area contributed by atoms with Crippen LogP contribution in [0, 0.1) is 0 Å². The van der Waals surface area contributed by atoms with Crippen molar-refractivity contribution in [1.82, 2.24) is 4.90 Å². The average molecular weight is 225 g/mol. The zero-order valence-electron chi connectivity index (χ0n) is 10.7. The van der Waals surface area contributed by atoms with Gasteiger partial charge in [0.25, 0.3) is 0 Å². The lowest BCUT2D eigenvalue weighted by Crippen LogP contribution is -2.48. The van der Waals surface area contributed by atoms with E-state index in [9.17, 15) is 5.11 Å². The molecule has 1 heterocycles. The van der Waals surface area contributed by atoms with E-state index in [1.165, 1.54) is 51.5 Å². The van der Waals surface area contributed by atoms with Crippen LogP contribution in [0.4, 0.5) is 0 Å². The summed E-state index contributed by atoms with van der Waals surface area (Å²) in [6.07, 6.45) is 11.2. The fourth-order valence-corrected chi connectivity index (χ4v) is 3.50. The van der Waals surface area contributed by atoms with E-state index in [0.29, 0.717) is 0 Å². The molecular weight excluding hydrogens is 198 g/mol. The Bertz CT molecular complexity index is 209. The summed E-state index contributed by atoms with van der Waals surface area (Å²) in [5.74, 6) is 0. The Morgan fingerprint density at radius 1 is 1.19 bits per heavy atom. The van der Waals surface area contributed by atoms with Crippen molar-refractivity contribution in [2.45, 2.75) is 76.4 Å². The molecule has 2 heteroatoms. The van der Waals surface area contributed by atoms with Gasteiger partial charge in [-0.3, -0.25) is 4.90 Å². The minimum absolute atomic E-state index is 0.344. The SMILES string of the molecule is CCCC1CCCCN1CC1(O)CCCC1. The molecule has 1 saturated carbocycles. The van der Waals surface area contributed by atoms with Crippen molar-refractivity contribution in [3.05, 3.63) is 0 Å². The van der Waals surface area contributed by atoms with E-state index in [1.54, 1.807) is 0 Å². The topological polar surface area (TPSA) is 23.5 Å². The zero-order valence-corrected chi connectivity index (χ0v) is 10.7. The first-order valence-electron chi connectivity index (χ1n) is 7.20. The number of aliphatic hydroxyl groups is 1. The zero-order chi connectivity index (χ0) is 11.4. The molecule has 0 aromatic carbocycles. The van der Waals surface area contributed by atoms with Gasteiger partial charge in [-0.05, 0) is 38.6 Å². The number of likely N-dealkylation sites (tertiary alicyclic amines) is 1. The molecule has 2 nitrogen and oxygen atoms in total. The van der Waals surface area contributed by atoms with Gasteiger partial charge in [-0.15, -0.1) is 0 Å². The van der Waals surface area contributed by atoms with Gasteiger partial charge in [-0.25, -0.2) is 0 Å². The largest absolute Gasteiger partial charge is 0.389 e. The van der Waals surface area contributed by atoms with Crippen LogP contribution in [0.15, 0.2) is 0 Å². The fraction of sp³-hybridized carbons (Fsp3) is 1.00. The van der Waals surface area contributed by atoms with Crippen molar-refractivity contribution >= 4 is 0 Å². The molecule has 1 aliphatic heterocycles. The van der Waals surface area contributed by atoms with Crippen LogP contribution >= 0.6 is 0 Å². The van der Waals surface area contributed by atoms with Crippen LogP contribution in [-0.4, -0.2) is 34.7 Å². The third kappa shape index (κ3) is 2.98. The highest BCUT2D eigenvalue weighted by atomic mass is 16.3. The van der Waals surface area contributed by atoms with Gasteiger partial charge in [0.15, 0.2) is 0 Å². The molecule has 16 heavy (non-hydrogen) atoms. The average Bonchev–Trinajstić information content (AvgIpc) is 2.68. The molecule has 0 spiro atoms. The van der Waals surface area contributed by atoms with E-state index >= 15 is 0 Å². The third-order valence-corrected chi connectivity index (χ3v) is 4.40. The molecule has 0 amide bonds. The van der Waals surface area contributed by atoms with Crippen LogP contribution in [0.5, 0.6) is 0 Å². The fourth-order valence-electron chi connectivity index (χ4n) is 3.50. The monoisotopic (exact) mass is 225 g/mol. The van der Waals surface area contributed by atoms with Crippen LogP contribution < -0.4 is 0 Å². The molecule has 0 bridgehead atoms. The lowest BCUT2D eigenvalue weighted by molar-refractivity contribution is -0.0135. The van der Waals surface area contributed by atoms with Crippen LogP contribution in [0.25, 0.3) is 0 Å². The number of piperidine rings is 1. The maximum absolute atomic E-state index is 10.5. The minimum atomic E-state index is -0.344. The standard InChI is InChI=1S/C14H27NO/c1-2-7-13-8-3-6-11-15(13)12-14(16)9-4-5-10-14/h13,16H,2-12H2,1H3. The van der Waals surface area contributed by atoms with Crippen molar-refractivity contribution in [2.75, 3.05) is 13.1 Å². The van der Waals surface area contributed by atoms with Gasteiger partial charge in [-0.1, -0.05) is 32.6 Å². The number of nitrogens with zero attached hydrogens (tertiary/aromatic N) is 1. The minimum Gasteiger partial charge on any atom is -0.389 e. The molecule has 2 aliphatic rings. The van der Waals surface area contributed by atoms with E-state index in [1.807, 2.05) is 0 Å². The van der Waals surface area contributed by atoms with Gasteiger partial charge < -0.3 is 5.11 Å². The predicted octanol–water partition coefficient (Wildman–Crippen LogP) is 2.95. The normalized spacial score (nSPS) is 30.8. The van der Waals surface area contributed by atoms with Crippen molar-refractivity contribution in [3.63, 3.8) is 0 Å². The van der Waals surface area contributed by atoms with Crippen molar-refractivity contribution < 1.29 is 5.11 Å². The molecule has 1 saturated heterocycles. The van der Waals surface area contributed by atoms with Crippen LogP contribution in [0.3, 0.4) is 0 Å². The first-order chi connectivity index (χ1) is 7.73. The second-order valence-electron chi connectivity index (χ2n) is 5.84. The van der Waals surface area contributed by atoms with Crippen molar-refractivity contribution in [2.24, 2.45) is 0 Å². The summed E-state index contributed by atoms with van der Waals surface area (Å²) in [4.78, 5) is 2.58. The highest BCUT2D eigenvalue weighted by Crippen LogP contribution is 2.32.